The van der Waals surface area contributed by atoms with Gasteiger partial charge in [0.15, 0.2) is 5.16 Å². The molecule has 2 aromatic carbocycles. The number of amides is 1. The highest BCUT2D eigenvalue weighted by Crippen LogP contribution is 2.24. The number of nitrogens with zero attached hydrogens (tertiary/aromatic N) is 3. The second kappa shape index (κ2) is 9.17. The van der Waals surface area contributed by atoms with Crippen molar-refractivity contribution in [3.05, 3.63) is 77.1 Å². The highest BCUT2D eigenvalue weighted by Gasteiger charge is 2.12. The van der Waals surface area contributed by atoms with Crippen molar-refractivity contribution in [1.29, 1.82) is 0 Å². The Labute approximate surface area is 180 Å². The lowest BCUT2D eigenvalue weighted by Crippen LogP contribution is -2.26. The van der Waals surface area contributed by atoms with E-state index in [4.69, 9.17) is 0 Å². The monoisotopic (exact) mass is 419 g/mol. The first kappa shape index (κ1) is 20.2. The number of benzene rings is 2. The molecule has 0 bridgehead atoms. The van der Waals surface area contributed by atoms with Gasteiger partial charge in [0.05, 0.1) is 16.7 Å². The quantitative estimate of drug-likeness (QED) is 0.326. The first-order chi connectivity index (χ1) is 14.6. The molecule has 1 amide bonds. The summed E-state index contributed by atoms with van der Waals surface area (Å²) in [4.78, 5) is 20.7. The number of H-pyrrole nitrogens is 1. The fourth-order valence-corrected chi connectivity index (χ4v) is 4.33. The van der Waals surface area contributed by atoms with Gasteiger partial charge in [-0.05, 0) is 50.1 Å². The van der Waals surface area contributed by atoms with Crippen molar-refractivity contribution in [3.8, 4) is 0 Å². The van der Waals surface area contributed by atoms with Gasteiger partial charge in [-0.1, -0.05) is 42.1 Å². The van der Waals surface area contributed by atoms with Crippen molar-refractivity contribution in [3.63, 3.8) is 0 Å². The number of imidazole rings is 1. The first-order valence-electron chi connectivity index (χ1n) is 10.0. The molecule has 0 unspecified atom stereocenters. The Balaban J connectivity index is 1.33. The first-order valence-corrected chi connectivity index (χ1v) is 11.0. The third kappa shape index (κ3) is 4.74. The van der Waals surface area contributed by atoms with Gasteiger partial charge < -0.3 is 10.3 Å². The summed E-state index contributed by atoms with van der Waals surface area (Å²) in [6.45, 7) is 5.45. The lowest BCUT2D eigenvalue weighted by molar-refractivity contribution is 0.0952. The largest absolute Gasteiger partial charge is 0.352 e. The van der Waals surface area contributed by atoms with E-state index in [1.54, 1.807) is 11.8 Å². The molecule has 0 atom stereocenters. The number of thioether (sulfide) groups is 1. The number of carbonyl (C=O) groups is 1. The molecule has 7 heteroatoms. The molecule has 0 aliphatic rings. The maximum Gasteiger partial charge on any atom is 0.251 e. The van der Waals surface area contributed by atoms with E-state index < -0.39 is 0 Å². The molecule has 0 aliphatic carbocycles. The van der Waals surface area contributed by atoms with Crippen LogP contribution in [-0.4, -0.2) is 32.2 Å². The Bertz CT molecular complexity index is 1130. The third-order valence-electron chi connectivity index (χ3n) is 4.93. The van der Waals surface area contributed by atoms with Crippen molar-refractivity contribution in [1.82, 2.24) is 25.1 Å². The van der Waals surface area contributed by atoms with Crippen molar-refractivity contribution in [2.45, 2.75) is 37.7 Å². The summed E-state index contributed by atoms with van der Waals surface area (Å²) in [7, 11) is 0. The van der Waals surface area contributed by atoms with Crippen LogP contribution >= 0.6 is 11.8 Å². The lowest BCUT2D eigenvalue weighted by atomic mass is 10.1. The number of para-hydroxylation sites is 2. The average molecular weight is 420 g/mol. The van der Waals surface area contributed by atoms with Crippen LogP contribution < -0.4 is 5.32 Å². The Morgan fingerprint density at radius 3 is 2.73 bits per heavy atom. The van der Waals surface area contributed by atoms with E-state index in [1.165, 1.54) is 0 Å². The molecule has 0 saturated carbocycles. The summed E-state index contributed by atoms with van der Waals surface area (Å²) in [5.41, 5.74) is 5.85. The van der Waals surface area contributed by atoms with Crippen LogP contribution in [-0.2, 0) is 12.3 Å². The smallest absolute Gasteiger partial charge is 0.251 e. The summed E-state index contributed by atoms with van der Waals surface area (Å²) >= 11 is 1.60. The van der Waals surface area contributed by atoms with E-state index in [9.17, 15) is 4.79 Å². The maximum absolute atomic E-state index is 12.7. The van der Waals surface area contributed by atoms with E-state index in [-0.39, 0.29) is 5.91 Å². The summed E-state index contributed by atoms with van der Waals surface area (Å²) < 4.78 is 1.99. The minimum Gasteiger partial charge on any atom is -0.352 e. The molecule has 4 rings (SSSR count). The van der Waals surface area contributed by atoms with E-state index >= 15 is 0 Å². The van der Waals surface area contributed by atoms with Gasteiger partial charge in [0.25, 0.3) is 5.91 Å². The number of fused-ring (bicyclic) bond motifs is 1. The fourth-order valence-electron chi connectivity index (χ4n) is 3.44. The Morgan fingerprint density at radius 1 is 1.13 bits per heavy atom. The van der Waals surface area contributed by atoms with Crippen LogP contribution in [0.2, 0.25) is 0 Å². The zero-order valence-corrected chi connectivity index (χ0v) is 18.0. The highest BCUT2D eigenvalue weighted by atomic mass is 32.2. The molecular formula is C23H25N5OS. The molecule has 2 N–H and O–H groups in total. The van der Waals surface area contributed by atoms with E-state index in [0.29, 0.717) is 17.9 Å². The van der Waals surface area contributed by atoms with Gasteiger partial charge in [0, 0.05) is 30.1 Å². The maximum atomic E-state index is 12.7. The molecule has 2 heterocycles. The molecule has 6 nitrogen and oxygen atoms in total. The van der Waals surface area contributed by atoms with Gasteiger partial charge in [-0.3, -0.25) is 9.48 Å². The number of nitrogens with one attached hydrogen (secondary N) is 2. The summed E-state index contributed by atoms with van der Waals surface area (Å²) in [5.74, 6) is 0.638. The topological polar surface area (TPSA) is 75.6 Å². The number of hydrogen-bond acceptors (Lipinski definition) is 4. The van der Waals surface area contributed by atoms with Crippen LogP contribution in [0.25, 0.3) is 11.0 Å². The minimum absolute atomic E-state index is 0.0378. The number of hydrogen-bond donors (Lipinski definition) is 2. The summed E-state index contributed by atoms with van der Waals surface area (Å²) in [5, 5.41) is 8.36. The van der Waals surface area contributed by atoms with Crippen molar-refractivity contribution in [2.24, 2.45) is 0 Å². The van der Waals surface area contributed by atoms with Crippen molar-refractivity contribution < 1.29 is 4.79 Å². The van der Waals surface area contributed by atoms with Crippen LogP contribution in [0.3, 0.4) is 0 Å². The van der Waals surface area contributed by atoms with E-state index in [1.807, 2.05) is 60.1 Å². The molecule has 154 valence electrons. The number of aromatic amines is 1. The van der Waals surface area contributed by atoms with Gasteiger partial charge in [-0.2, -0.15) is 5.10 Å². The van der Waals surface area contributed by atoms with Gasteiger partial charge in [-0.15, -0.1) is 0 Å². The van der Waals surface area contributed by atoms with Crippen LogP contribution in [0.5, 0.6) is 0 Å². The lowest BCUT2D eigenvalue weighted by Gasteiger charge is -2.10. The van der Waals surface area contributed by atoms with Gasteiger partial charge in [0.2, 0.25) is 0 Å². The van der Waals surface area contributed by atoms with Gasteiger partial charge >= 0.3 is 0 Å². The minimum atomic E-state index is -0.0378. The second-order valence-electron chi connectivity index (χ2n) is 7.26. The van der Waals surface area contributed by atoms with Crippen LogP contribution in [0.15, 0.2) is 59.8 Å². The molecule has 0 aliphatic heterocycles. The fraction of sp³-hybridized carbons (Fsp3) is 0.261. The molecule has 0 saturated heterocycles. The summed E-state index contributed by atoms with van der Waals surface area (Å²) in [6, 6.07) is 17.8. The van der Waals surface area contributed by atoms with Crippen molar-refractivity contribution in [2.75, 3.05) is 6.54 Å². The van der Waals surface area contributed by atoms with Crippen molar-refractivity contribution >= 4 is 28.7 Å². The predicted octanol–water partition coefficient (Wildman–Crippen LogP) is 4.49. The zero-order valence-electron chi connectivity index (χ0n) is 17.2. The van der Waals surface area contributed by atoms with Crippen LogP contribution in [0.4, 0.5) is 0 Å². The van der Waals surface area contributed by atoms with E-state index in [0.717, 1.165) is 46.1 Å². The Morgan fingerprint density at radius 2 is 1.93 bits per heavy atom. The molecule has 30 heavy (non-hydrogen) atoms. The second-order valence-corrected chi connectivity index (χ2v) is 8.23. The van der Waals surface area contributed by atoms with Crippen LogP contribution in [0.1, 0.15) is 33.7 Å². The molecular weight excluding hydrogens is 394 g/mol. The Hall–Kier alpha value is -3.06. The standard InChI is InChI=1S/C23H25N5OS/c1-16-14-17(2)28(27-16)13-7-12-24-22(29)19-9-4-3-8-18(19)15-30-23-25-20-10-5-6-11-21(20)26-23/h3-6,8-11,14H,7,12-13,15H2,1-2H3,(H,24,29)(H,25,26). The zero-order chi connectivity index (χ0) is 20.9. The molecule has 0 spiro atoms. The third-order valence-corrected chi connectivity index (χ3v) is 5.85. The number of rotatable bonds is 8. The summed E-state index contributed by atoms with van der Waals surface area (Å²) in [6.07, 6.45) is 0.837. The molecule has 4 aromatic rings. The highest BCUT2D eigenvalue weighted by molar-refractivity contribution is 7.98. The number of carbonyl (C=O) groups excluding carboxylic acids is 1. The molecule has 0 fully saturated rings. The normalized spacial score (nSPS) is 11.1. The average Bonchev–Trinajstić information content (AvgIpc) is 3.31. The molecule has 0 radical (unpaired) electrons. The SMILES string of the molecule is Cc1cc(C)n(CCCNC(=O)c2ccccc2CSc2nc3ccccc3[nH]2)n1. The number of aryl methyl sites for hydroxylation is 3. The number of aromatic nitrogens is 4. The van der Waals surface area contributed by atoms with Gasteiger partial charge in [0.1, 0.15) is 0 Å². The van der Waals surface area contributed by atoms with Gasteiger partial charge in [-0.25, -0.2) is 4.98 Å². The Kier molecular flexibility index (Phi) is 6.18. The van der Waals surface area contributed by atoms with E-state index in [2.05, 4.69) is 33.4 Å². The predicted molar refractivity (Wildman–Crippen MR) is 121 cm³/mol. The molecule has 2 aromatic heterocycles. The van der Waals surface area contributed by atoms with Crippen LogP contribution in [0, 0.1) is 13.8 Å².